The summed E-state index contributed by atoms with van der Waals surface area (Å²) in [6, 6.07) is 17.0. The highest BCUT2D eigenvalue weighted by Crippen LogP contribution is 2.16. The Kier molecular flexibility index (Phi) is 6.30. The van der Waals surface area contributed by atoms with E-state index in [1.807, 2.05) is 61.5 Å². The quantitative estimate of drug-likeness (QED) is 0.853. The van der Waals surface area contributed by atoms with Crippen molar-refractivity contribution in [3.8, 4) is 5.75 Å². The van der Waals surface area contributed by atoms with Crippen LogP contribution in [-0.2, 0) is 4.79 Å². The van der Waals surface area contributed by atoms with Gasteiger partial charge in [0.1, 0.15) is 5.75 Å². The molecular weight excluding hydrogens is 342 g/mol. The molecule has 1 heterocycles. The molecule has 0 radical (unpaired) electrons. The van der Waals surface area contributed by atoms with Crippen molar-refractivity contribution in [1.82, 2.24) is 10.2 Å². The third kappa shape index (κ3) is 5.48. The van der Waals surface area contributed by atoms with Crippen LogP contribution in [0, 0.1) is 6.92 Å². The van der Waals surface area contributed by atoms with E-state index in [2.05, 4.69) is 10.6 Å². The summed E-state index contributed by atoms with van der Waals surface area (Å²) >= 11 is 0. The fourth-order valence-corrected chi connectivity index (χ4v) is 3.08. The number of ether oxygens (including phenoxy) is 1. The zero-order valence-corrected chi connectivity index (χ0v) is 15.5. The molecule has 0 atom stereocenters. The SMILES string of the molecule is Cc1ccccc1OCC(=O)NC1CCN(C(=O)Nc2ccccc2)CC1. The summed E-state index contributed by atoms with van der Waals surface area (Å²) in [6.45, 7) is 3.17. The zero-order chi connectivity index (χ0) is 19.1. The van der Waals surface area contributed by atoms with E-state index in [9.17, 15) is 9.59 Å². The van der Waals surface area contributed by atoms with Gasteiger partial charge in [-0.25, -0.2) is 4.79 Å². The number of anilines is 1. The molecule has 0 bridgehead atoms. The van der Waals surface area contributed by atoms with Gasteiger partial charge in [0.2, 0.25) is 0 Å². The van der Waals surface area contributed by atoms with E-state index < -0.39 is 0 Å². The Morgan fingerprint density at radius 2 is 1.70 bits per heavy atom. The molecule has 3 amide bonds. The first-order valence-electron chi connectivity index (χ1n) is 9.20. The molecule has 2 N–H and O–H groups in total. The average molecular weight is 367 g/mol. The number of rotatable bonds is 5. The molecular formula is C21H25N3O3. The fraction of sp³-hybridized carbons (Fsp3) is 0.333. The summed E-state index contributed by atoms with van der Waals surface area (Å²) in [5.41, 5.74) is 1.79. The molecule has 0 spiro atoms. The van der Waals surface area contributed by atoms with E-state index in [-0.39, 0.29) is 24.6 Å². The Balaban J connectivity index is 1.39. The van der Waals surface area contributed by atoms with Crippen LogP contribution in [0.5, 0.6) is 5.75 Å². The Morgan fingerprint density at radius 1 is 1.04 bits per heavy atom. The number of piperidine rings is 1. The van der Waals surface area contributed by atoms with E-state index in [4.69, 9.17) is 4.74 Å². The first-order valence-corrected chi connectivity index (χ1v) is 9.20. The van der Waals surface area contributed by atoms with Crippen LogP contribution in [0.1, 0.15) is 18.4 Å². The van der Waals surface area contributed by atoms with E-state index in [0.717, 1.165) is 29.8 Å². The molecule has 6 heteroatoms. The number of amides is 3. The van der Waals surface area contributed by atoms with Gasteiger partial charge in [-0.2, -0.15) is 0 Å². The van der Waals surface area contributed by atoms with Gasteiger partial charge >= 0.3 is 6.03 Å². The van der Waals surface area contributed by atoms with Crippen LogP contribution in [0.25, 0.3) is 0 Å². The molecule has 3 rings (SSSR count). The minimum Gasteiger partial charge on any atom is -0.484 e. The Morgan fingerprint density at radius 3 is 2.41 bits per heavy atom. The van der Waals surface area contributed by atoms with Crippen LogP contribution in [-0.4, -0.2) is 42.6 Å². The van der Waals surface area contributed by atoms with Crippen LogP contribution in [0.4, 0.5) is 10.5 Å². The maximum Gasteiger partial charge on any atom is 0.321 e. The number of urea groups is 1. The zero-order valence-electron chi connectivity index (χ0n) is 15.5. The molecule has 0 unspecified atom stereocenters. The minimum absolute atomic E-state index is 0.000436. The average Bonchev–Trinajstić information content (AvgIpc) is 2.69. The summed E-state index contributed by atoms with van der Waals surface area (Å²) in [4.78, 5) is 26.2. The van der Waals surface area contributed by atoms with Gasteiger partial charge in [0, 0.05) is 24.8 Å². The van der Waals surface area contributed by atoms with Crippen LogP contribution in [0.15, 0.2) is 54.6 Å². The van der Waals surface area contributed by atoms with E-state index in [1.54, 1.807) is 4.90 Å². The Hall–Kier alpha value is -3.02. The maximum atomic E-state index is 12.3. The summed E-state index contributed by atoms with van der Waals surface area (Å²) in [5, 5.41) is 5.89. The number of hydrogen-bond donors (Lipinski definition) is 2. The first-order chi connectivity index (χ1) is 13.1. The summed E-state index contributed by atoms with van der Waals surface area (Å²) in [6.07, 6.45) is 1.47. The van der Waals surface area contributed by atoms with Crippen molar-refractivity contribution in [2.24, 2.45) is 0 Å². The molecule has 27 heavy (non-hydrogen) atoms. The Labute approximate surface area is 159 Å². The lowest BCUT2D eigenvalue weighted by molar-refractivity contribution is -0.124. The van der Waals surface area contributed by atoms with Gasteiger partial charge in [0.25, 0.3) is 5.91 Å². The molecule has 1 saturated heterocycles. The molecule has 1 aliphatic rings. The normalized spacial score (nSPS) is 14.5. The molecule has 6 nitrogen and oxygen atoms in total. The van der Waals surface area contributed by atoms with Crippen molar-refractivity contribution < 1.29 is 14.3 Å². The molecule has 0 saturated carbocycles. The molecule has 2 aromatic rings. The summed E-state index contributed by atoms with van der Waals surface area (Å²) in [5.74, 6) is 0.588. The third-order valence-electron chi connectivity index (χ3n) is 4.62. The van der Waals surface area contributed by atoms with Crippen molar-refractivity contribution in [3.63, 3.8) is 0 Å². The second-order valence-electron chi connectivity index (χ2n) is 6.68. The number of aryl methyl sites for hydroxylation is 1. The number of carbonyl (C=O) groups is 2. The van der Waals surface area contributed by atoms with Crippen LogP contribution < -0.4 is 15.4 Å². The van der Waals surface area contributed by atoms with Crippen LogP contribution in [0.3, 0.4) is 0 Å². The highest BCUT2D eigenvalue weighted by molar-refractivity contribution is 5.89. The molecule has 1 fully saturated rings. The molecule has 2 aromatic carbocycles. The van der Waals surface area contributed by atoms with Crippen molar-refractivity contribution in [1.29, 1.82) is 0 Å². The lowest BCUT2D eigenvalue weighted by Crippen LogP contribution is -2.48. The predicted octanol–water partition coefficient (Wildman–Crippen LogP) is 3.19. The lowest BCUT2D eigenvalue weighted by atomic mass is 10.1. The van der Waals surface area contributed by atoms with Crippen molar-refractivity contribution in [3.05, 3.63) is 60.2 Å². The number of nitrogens with one attached hydrogen (secondary N) is 2. The molecule has 0 aliphatic carbocycles. The number of hydrogen-bond acceptors (Lipinski definition) is 3. The van der Waals surface area contributed by atoms with Crippen molar-refractivity contribution in [2.75, 3.05) is 25.0 Å². The number of para-hydroxylation sites is 2. The van der Waals surface area contributed by atoms with Crippen molar-refractivity contribution >= 4 is 17.6 Å². The first kappa shape index (κ1) is 18.8. The molecule has 0 aromatic heterocycles. The molecule has 1 aliphatic heterocycles. The smallest absolute Gasteiger partial charge is 0.321 e. The monoisotopic (exact) mass is 367 g/mol. The van der Waals surface area contributed by atoms with Gasteiger partial charge in [0.15, 0.2) is 6.61 Å². The number of likely N-dealkylation sites (tertiary alicyclic amines) is 1. The highest BCUT2D eigenvalue weighted by Gasteiger charge is 2.24. The van der Waals surface area contributed by atoms with Gasteiger partial charge in [0.05, 0.1) is 0 Å². The van der Waals surface area contributed by atoms with Gasteiger partial charge < -0.3 is 20.3 Å². The number of nitrogens with zero attached hydrogens (tertiary/aromatic N) is 1. The summed E-state index contributed by atoms with van der Waals surface area (Å²) < 4.78 is 5.58. The second-order valence-corrected chi connectivity index (χ2v) is 6.68. The summed E-state index contributed by atoms with van der Waals surface area (Å²) in [7, 11) is 0. The van der Waals surface area contributed by atoms with E-state index in [0.29, 0.717) is 13.1 Å². The second kappa shape index (κ2) is 9.07. The van der Waals surface area contributed by atoms with Gasteiger partial charge in [-0.05, 0) is 43.5 Å². The van der Waals surface area contributed by atoms with Crippen molar-refractivity contribution in [2.45, 2.75) is 25.8 Å². The topological polar surface area (TPSA) is 70.7 Å². The maximum absolute atomic E-state index is 12.3. The fourth-order valence-electron chi connectivity index (χ4n) is 3.08. The lowest BCUT2D eigenvalue weighted by Gasteiger charge is -2.32. The van der Waals surface area contributed by atoms with E-state index >= 15 is 0 Å². The minimum atomic E-state index is -0.134. The predicted molar refractivity (Wildman–Crippen MR) is 105 cm³/mol. The van der Waals surface area contributed by atoms with Crippen LogP contribution >= 0.6 is 0 Å². The number of benzene rings is 2. The number of carbonyl (C=O) groups excluding carboxylic acids is 2. The largest absolute Gasteiger partial charge is 0.484 e. The standard InChI is InChI=1S/C21H25N3O3/c1-16-7-5-6-10-19(16)27-15-20(25)22-18-11-13-24(14-12-18)21(26)23-17-8-3-2-4-9-17/h2-10,18H,11-15H2,1H3,(H,22,25)(H,23,26). The van der Waals surface area contributed by atoms with E-state index in [1.165, 1.54) is 0 Å². The van der Waals surface area contributed by atoms with Gasteiger partial charge in [-0.1, -0.05) is 36.4 Å². The van der Waals surface area contributed by atoms with Gasteiger partial charge in [-0.3, -0.25) is 4.79 Å². The Bertz CT molecular complexity index is 771. The van der Waals surface area contributed by atoms with Crippen LogP contribution in [0.2, 0.25) is 0 Å². The molecule has 142 valence electrons. The third-order valence-corrected chi connectivity index (χ3v) is 4.62. The van der Waals surface area contributed by atoms with Gasteiger partial charge in [-0.15, -0.1) is 0 Å². The highest BCUT2D eigenvalue weighted by atomic mass is 16.5.